The Hall–Kier alpha value is -2.88. The minimum Gasteiger partial charge on any atom is -0.348 e. The van der Waals surface area contributed by atoms with E-state index < -0.39 is 5.41 Å². The lowest BCUT2D eigenvalue weighted by Gasteiger charge is -2.42. The third-order valence-electron chi connectivity index (χ3n) is 7.41. The summed E-state index contributed by atoms with van der Waals surface area (Å²) < 4.78 is 0. The van der Waals surface area contributed by atoms with Crippen molar-refractivity contribution in [2.75, 3.05) is 27.2 Å². The Morgan fingerprint density at radius 2 is 1.82 bits per heavy atom. The van der Waals surface area contributed by atoms with Crippen molar-refractivity contribution in [1.82, 2.24) is 9.80 Å². The van der Waals surface area contributed by atoms with E-state index in [2.05, 4.69) is 67.6 Å². The molecule has 1 fully saturated rings. The van der Waals surface area contributed by atoms with Crippen molar-refractivity contribution < 1.29 is 9.59 Å². The highest BCUT2D eigenvalue weighted by Crippen LogP contribution is 2.38. The molecule has 33 heavy (non-hydrogen) atoms. The van der Waals surface area contributed by atoms with Gasteiger partial charge in [0.15, 0.2) is 0 Å². The van der Waals surface area contributed by atoms with Crippen LogP contribution in [0.3, 0.4) is 0 Å². The Balaban J connectivity index is 1.51. The highest BCUT2D eigenvalue weighted by atomic mass is 16.2. The number of hydrogen-bond acceptors (Lipinski definition) is 2. The summed E-state index contributed by atoms with van der Waals surface area (Å²) >= 11 is 0. The van der Waals surface area contributed by atoms with Gasteiger partial charge in [0.25, 0.3) is 0 Å². The van der Waals surface area contributed by atoms with Gasteiger partial charge in [-0.2, -0.15) is 0 Å². The molecule has 1 atom stereocenters. The Bertz CT molecular complexity index is 1030. The molecule has 1 aliphatic heterocycles. The molecule has 0 radical (unpaired) electrons. The van der Waals surface area contributed by atoms with Gasteiger partial charge in [-0.1, -0.05) is 60.7 Å². The molecule has 174 valence electrons. The molecule has 0 N–H and O–H groups in total. The quantitative estimate of drug-likeness (QED) is 0.571. The van der Waals surface area contributed by atoms with Gasteiger partial charge in [-0.05, 0) is 67.2 Å². The molecule has 1 heterocycles. The standard InChI is InChI=1S/C29H36N2O2/c1-22-9-4-7-14-26(22)25-13-8-12-24(19-25)21-29(28(33)30(2)3)15-17-31(18-16-29)27(32)20-23-10-5-6-11-23/h4-5,7-10,12-14,19,23H,6,11,15-18,20-21H2,1-3H3. The molecule has 2 aromatic carbocycles. The zero-order valence-corrected chi connectivity index (χ0v) is 20.2. The fraction of sp³-hybridized carbons (Fsp3) is 0.448. The molecule has 1 unspecified atom stereocenters. The number of nitrogens with zero attached hydrogens (tertiary/aromatic N) is 2. The zero-order chi connectivity index (χ0) is 23.4. The second-order valence-electron chi connectivity index (χ2n) is 10.0. The predicted molar refractivity (Wildman–Crippen MR) is 134 cm³/mol. The van der Waals surface area contributed by atoms with Crippen molar-refractivity contribution >= 4 is 11.8 Å². The van der Waals surface area contributed by atoms with Gasteiger partial charge in [0.1, 0.15) is 0 Å². The van der Waals surface area contributed by atoms with Crippen molar-refractivity contribution in [3.8, 4) is 11.1 Å². The lowest BCUT2D eigenvalue weighted by atomic mass is 9.72. The monoisotopic (exact) mass is 444 g/mol. The topological polar surface area (TPSA) is 40.6 Å². The Morgan fingerprint density at radius 1 is 1.06 bits per heavy atom. The third kappa shape index (κ3) is 5.21. The zero-order valence-electron chi connectivity index (χ0n) is 20.2. The molecule has 2 aromatic rings. The molecule has 1 aliphatic carbocycles. The second kappa shape index (κ2) is 9.94. The van der Waals surface area contributed by atoms with Gasteiger partial charge in [-0.25, -0.2) is 0 Å². The number of benzene rings is 2. The van der Waals surface area contributed by atoms with Crippen LogP contribution in [0, 0.1) is 18.3 Å². The normalized spacial score (nSPS) is 19.5. The van der Waals surface area contributed by atoms with Crippen molar-refractivity contribution in [3.05, 3.63) is 71.8 Å². The number of carbonyl (C=O) groups is 2. The molecule has 4 nitrogen and oxygen atoms in total. The summed E-state index contributed by atoms with van der Waals surface area (Å²) in [6, 6.07) is 17.0. The van der Waals surface area contributed by atoms with Gasteiger partial charge in [0, 0.05) is 33.6 Å². The van der Waals surface area contributed by atoms with Crippen LogP contribution in [0.25, 0.3) is 11.1 Å². The predicted octanol–water partition coefficient (Wildman–Crippen LogP) is 5.26. The summed E-state index contributed by atoms with van der Waals surface area (Å²) in [6.07, 6.45) is 9.26. The van der Waals surface area contributed by atoms with Crippen molar-refractivity contribution in [2.45, 2.75) is 45.4 Å². The number of hydrogen-bond donors (Lipinski definition) is 0. The van der Waals surface area contributed by atoms with E-state index in [4.69, 9.17) is 0 Å². The van der Waals surface area contributed by atoms with Gasteiger partial charge in [0.2, 0.25) is 11.8 Å². The fourth-order valence-electron chi connectivity index (χ4n) is 5.48. The number of rotatable bonds is 6. The van der Waals surface area contributed by atoms with Crippen LogP contribution in [0.15, 0.2) is 60.7 Å². The highest BCUT2D eigenvalue weighted by Gasteiger charge is 2.43. The van der Waals surface area contributed by atoms with Crippen LogP contribution in [0.2, 0.25) is 0 Å². The maximum atomic E-state index is 13.4. The highest BCUT2D eigenvalue weighted by molar-refractivity contribution is 5.84. The van der Waals surface area contributed by atoms with Gasteiger partial charge in [-0.15, -0.1) is 0 Å². The van der Waals surface area contributed by atoms with E-state index in [1.165, 1.54) is 22.3 Å². The molecule has 2 aliphatic rings. The number of amides is 2. The van der Waals surface area contributed by atoms with Crippen LogP contribution in [-0.4, -0.2) is 48.8 Å². The van der Waals surface area contributed by atoms with E-state index in [-0.39, 0.29) is 11.8 Å². The Morgan fingerprint density at radius 3 is 2.48 bits per heavy atom. The second-order valence-corrected chi connectivity index (χ2v) is 10.0. The van der Waals surface area contributed by atoms with E-state index in [0.29, 0.717) is 44.7 Å². The minimum absolute atomic E-state index is 0.176. The maximum Gasteiger partial charge on any atom is 0.228 e. The molecule has 4 heteroatoms. The van der Waals surface area contributed by atoms with E-state index in [9.17, 15) is 9.59 Å². The molecule has 0 bridgehead atoms. The molecule has 0 saturated carbocycles. The summed E-state index contributed by atoms with van der Waals surface area (Å²) in [5.74, 6) is 0.797. The van der Waals surface area contributed by atoms with Crippen molar-refractivity contribution in [1.29, 1.82) is 0 Å². The summed E-state index contributed by atoms with van der Waals surface area (Å²) in [7, 11) is 3.69. The molecule has 2 amide bonds. The number of aryl methyl sites for hydroxylation is 1. The van der Waals surface area contributed by atoms with Crippen LogP contribution in [0.5, 0.6) is 0 Å². The average molecular weight is 445 g/mol. The third-order valence-corrected chi connectivity index (χ3v) is 7.41. The Labute approximate surface area is 198 Å². The molecular formula is C29H36N2O2. The van der Waals surface area contributed by atoms with E-state index in [0.717, 1.165) is 12.8 Å². The van der Waals surface area contributed by atoms with Gasteiger partial charge in [0.05, 0.1) is 5.41 Å². The summed E-state index contributed by atoms with van der Waals surface area (Å²) in [4.78, 5) is 30.0. The number of piperidine rings is 1. The van der Waals surface area contributed by atoms with Crippen LogP contribution in [0.1, 0.15) is 43.2 Å². The maximum absolute atomic E-state index is 13.4. The van der Waals surface area contributed by atoms with Gasteiger partial charge < -0.3 is 9.80 Å². The van der Waals surface area contributed by atoms with Crippen molar-refractivity contribution in [2.24, 2.45) is 11.3 Å². The molecule has 0 spiro atoms. The summed E-state index contributed by atoms with van der Waals surface area (Å²) in [5, 5.41) is 0. The van der Waals surface area contributed by atoms with E-state index in [1.54, 1.807) is 4.90 Å². The average Bonchev–Trinajstić information content (AvgIpc) is 3.32. The molecule has 1 saturated heterocycles. The summed E-state index contributed by atoms with van der Waals surface area (Å²) in [5.41, 5.74) is 4.39. The molecular weight excluding hydrogens is 408 g/mol. The largest absolute Gasteiger partial charge is 0.348 e. The number of carbonyl (C=O) groups excluding carboxylic acids is 2. The molecule has 0 aromatic heterocycles. The van der Waals surface area contributed by atoms with Crippen LogP contribution in [0.4, 0.5) is 0 Å². The van der Waals surface area contributed by atoms with E-state index in [1.807, 2.05) is 19.0 Å². The SMILES string of the molecule is Cc1ccccc1-c1cccc(CC2(C(=O)N(C)C)CCN(C(=O)CC3C=CCC3)CC2)c1. The lowest BCUT2D eigenvalue weighted by Crippen LogP contribution is -2.51. The number of likely N-dealkylation sites (tertiary alicyclic amines) is 1. The summed E-state index contributed by atoms with van der Waals surface area (Å²) in [6.45, 7) is 3.45. The van der Waals surface area contributed by atoms with Crippen LogP contribution < -0.4 is 0 Å². The Kier molecular flexibility index (Phi) is 7.02. The first-order chi connectivity index (χ1) is 15.9. The molecule has 4 rings (SSSR count). The van der Waals surface area contributed by atoms with E-state index >= 15 is 0 Å². The first-order valence-electron chi connectivity index (χ1n) is 12.2. The van der Waals surface area contributed by atoms with Crippen LogP contribution >= 0.6 is 0 Å². The van der Waals surface area contributed by atoms with Gasteiger partial charge >= 0.3 is 0 Å². The minimum atomic E-state index is -0.460. The fourth-order valence-corrected chi connectivity index (χ4v) is 5.48. The number of allylic oxidation sites excluding steroid dienone is 2. The lowest BCUT2D eigenvalue weighted by molar-refractivity contribution is -0.146. The van der Waals surface area contributed by atoms with Crippen LogP contribution in [-0.2, 0) is 16.0 Å². The first-order valence-corrected chi connectivity index (χ1v) is 12.2. The smallest absolute Gasteiger partial charge is 0.228 e. The van der Waals surface area contributed by atoms with Gasteiger partial charge in [-0.3, -0.25) is 9.59 Å². The van der Waals surface area contributed by atoms with Crippen molar-refractivity contribution in [3.63, 3.8) is 0 Å². The first kappa shape index (κ1) is 23.3.